The van der Waals surface area contributed by atoms with Gasteiger partial charge in [0.2, 0.25) is 0 Å². The first-order chi connectivity index (χ1) is 8.51. The molecule has 18 heavy (non-hydrogen) atoms. The van der Waals surface area contributed by atoms with Gasteiger partial charge in [-0.3, -0.25) is 0 Å². The highest BCUT2D eigenvalue weighted by Crippen LogP contribution is 2.38. The summed E-state index contributed by atoms with van der Waals surface area (Å²) in [6.07, 6.45) is 1.10. The zero-order chi connectivity index (χ0) is 13.7. The molecule has 0 aromatic heterocycles. The second-order valence-electron chi connectivity index (χ2n) is 4.69. The largest absolute Gasteiger partial charge is 0.495 e. The second-order valence-corrected chi connectivity index (χ2v) is 5.98. The minimum absolute atomic E-state index is 0.245. The summed E-state index contributed by atoms with van der Waals surface area (Å²) in [6.45, 7) is 7.54. The summed E-state index contributed by atoms with van der Waals surface area (Å²) in [5.74, 6) is 1.33. The number of benzene rings is 1. The Morgan fingerprint density at radius 3 is 2.56 bits per heavy atom. The lowest BCUT2D eigenvalue weighted by atomic mass is 9.95. The molecule has 1 unspecified atom stereocenters. The summed E-state index contributed by atoms with van der Waals surface area (Å²) in [6, 6.07) is 4.09. The van der Waals surface area contributed by atoms with E-state index in [0.29, 0.717) is 5.92 Å². The van der Waals surface area contributed by atoms with E-state index in [2.05, 4.69) is 42.0 Å². The van der Waals surface area contributed by atoms with Crippen molar-refractivity contribution in [3.63, 3.8) is 0 Å². The molecule has 0 radical (unpaired) electrons. The Morgan fingerprint density at radius 2 is 2.06 bits per heavy atom. The molecule has 1 atom stereocenters. The Hall–Kier alpha value is -0.250. The molecule has 0 bridgehead atoms. The van der Waals surface area contributed by atoms with Crippen LogP contribution in [0.4, 0.5) is 0 Å². The van der Waals surface area contributed by atoms with Crippen LogP contribution in [0.1, 0.15) is 38.8 Å². The molecule has 0 aliphatic carbocycles. The van der Waals surface area contributed by atoms with Gasteiger partial charge < -0.3 is 10.1 Å². The van der Waals surface area contributed by atoms with E-state index in [-0.39, 0.29) is 6.04 Å². The third kappa shape index (κ3) is 3.87. The van der Waals surface area contributed by atoms with Crippen molar-refractivity contribution in [2.45, 2.75) is 33.2 Å². The number of nitrogens with one attached hydrogen (secondary N) is 1. The molecule has 102 valence electrons. The van der Waals surface area contributed by atoms with Crippen LogP contribution in [0.15, 0.2) is 16.6 Å². The van der Waals surface area contributed by atoms with Crippen molar-refractivity contribution in [1.82, 2.24) is 5.32 Å². The number of methoxy groups -OCH3 is 1. The molecule has 0 saturated carbocycles. The third-order valence-corrected chi connectivity index (χ3v) is 3.66. The van der Waals surface area contributed by atoms with Gasteiger partial charge in [-0.05, 0) is 46.9 Å². The van der Waals surface area contributed by atoms with Crippen molar-refractivity contribution in [2.24, 2.45) is 5.92 Å². The van der Waals surface area contributed by atoms with Crippen molar-refractivity contribution in [2.75, 3.05) is 13.7 Å². The number of halogens is 2. The van der Waals surface area contributed by atoms with E-state index in [9.17, 15) is 0 Å². The van der Waals surface area contributed by atoms with Gasteiger partial charge in [-0.25, -0.2) is 0 Å². The van der Waals surface area contributed by atoms with Crippen LogP contribution >= 0.6 is 27.5 Å². The fourth-order valence-corrected chi connectivity index (χ4v) is 3.03. The van der Waals surface area contributed by atoms with Crippen molar-refractivity contribution in [1.29, 1.82) is 0 Å². The minimum atomic E-state index is 0.245. The van der Waals surface area contributed by atoms with Gasteiger partial charge in [0, 0.05) is 16.6 Å². The van der Waals surface area contributed by atoms with Crippen molar-refractivity contribution in [3.8, 4) is 5.75 Å². The Kier molecular flexibility index (Phi) is 6.47. The van der Waals surface area contributed by atoms with Gasteiger partial charge in [-0.15, -0.1) is 0 Å². The summed E-state index contributed by atoms with van der Waals surface area (Å²) in [7, 11) is 1.69. The van der Waals surface area contributed by atoms with Crippen LogP contribution in [0, 0.1) is 5.92 Å². The van der Waals surface area contributed by atoms with Gasteiger partial charge in [0.15, 0.2) is 0 Å². The first-order valence-corrected chi connectivity index (χ1v) is 7.44. The SMILES string of the molecule is CCCNC(c1cc(Cl)cc(Br)c1OC)C(C)C. The molecule has 2 nitrogen and oxygen atoms in total. The second kappa shape index (κ2) is 7.37. The topological polar surface area (TPSA) is 21.3 Å². The maximum absolute atomic E-state index is 6.15. The van der Waals surface area contributed by atoms with Crippen molar-refractivity contribution >= 4 is 27.5 Å². The predicted molar refractivity (Wildman–Crippen MR) is 81.6 cm³/mol. The molecule has 1 aromatic rings. The van der Waals surface area contributed by atoms with Crippen LogP contribution in [0.25, 0.3) is 0 Å². The zero-order valence-corrected chi connectivity index (χ0v) is 13.7. The zero-order valence-electron chi connectivity index (χ0n) is 11.4. The van der Waals surface area contributed by atoms with E-state index in [4.69, 9.17) is 16.3 Å². The predicted octanol–water partition coefficient (Wildman–Crippen LogP) is 4.81. The van der Waals surface area contributed by atoms with Crippen LogP contribution < -0.4 is 10.1 Å². The highest BCUT2D eigenvalue weighted by atomic mass is 79.9. The summed E-state index contributed by atoms with van der Waals surface area (Å²) in [5.41, 5.74) is 1.11. The fourth-order valence-electron chi connectivity index (χ4n) is 2.03. The molecule has 0 heterocycles. The maximum Gasteiger partial charge on any atom is 0.137 e. The van der Waals surface area contributed by atoms with Gasteiger partial charge >= 0.3 is 0 Å². The minimum Gasteiger partial charge on any atom is -0.495 e. The molecule has 0 fully saturated rings. The van der Waals surface area contributed by atoms with Crippen molar-refractivity contribution in [3.05, 3.63) is 27.2 Å². The van der Waals surface area contributed by atoms with Crippen LogP contribution in [0.5, 0.6) is 5.75 Å². The van der Waals surface area contributed by atoms with E-state index in [1.54, 1.807) is 7.11 Å². The molecule has 1 aromatic carbocycles. The third-order valence-electron chi connectivity index (χ3n) is 2.86. The maximum atomic E-state index is 6.15. The Labute approximate surface area is 123 Å². The molecule has 0 aliphatic rings. The lowest BCUT2D eigenvalue weighted by molar-refractivity contribution is 0.369. The van der Waals surface area contributed by atoms with Gasteiger partial charge in [0.1, 0.15) is 5.75 Å². The molecule has 0 saturated heterocycles. The van der Waals surface area contributed by atoms with E-state index in [0.717, 1.165) is 33.8 Å². The van der Waals surface area contributed by atoms with E-state index < -0.39 is 0 Å². The van der Waals surface area contributed by atoms with Gasteiger partial charge in [0.05, 0.1) is 11.6 Å². The molecule has 1 N–H and O–H groups in total. The standard InChI is InChI=1S/C14H21BrClNO/c1-5-6-17-13(9(2)3)11-7-10(16)8-12(15)14(11)18-4/h7-9,13,17H,5-6H2,1-4H3. The van der Waals surface area contributed by atoms with Crippen LogP contribution in [0.3, 0.4) is 0 Å². The molecule has 0 spiro atoms. The molecule has 0 amide bonds. The molecule has 4 heteroatoms. The summed E-state index contributed by atoms with van der Waals surface area (Å²) in [5, 5.41) is 4.28. The number of hydrogen-bond donors (Lipinski definition) is 1. The first-order valence-electron chi connectivity index (χ1n) is 6.27. The summed E-state index contributed by atoms with van der Waals surface area (Å²) < 4.78 is 6.40. The number of hydrogen-bond acceptors (Lipinski definition) is 2. The normalized spacial score (nSPS) is 12.8. The van der Waals surface area contributed by atoms with Crippen LogP contribution in [-0.2, 0) is 0 Å². The first kappa shape index (κ1) is 15.8. The highest BCUT2D eigenvalue weighted by Gasteiger charge is 2.21. The lowest BCUT2D eigenvalue weighted by Crippen LogP contribution is -2.27. The van der Waals surface area contributed by atoms with Crippen LogP contribution in [0.2, 0.25) is 5.02 Å². The van der Waals surface area contributed by atoms with Gasteiger partial charge in [-0.2, -0.15) is 0 Å². The highest BCUT2D eigenvalue weighted by molar-refractivity contribution is 9.10. The average Bonchev–Trinajstić information content (AvgIpc) is 2.28. The van der Waals surface area contributed by atoms with E-state index >= 15 is 0 Å². The Morgan fingerprint density at radius 1 is 1.39 bits per heavy atom. The molecule has 0 aliphatic heterocycles. The lowest BCUT2D eigenvalue weighted by Gasteiger charge is -2.25. The quantitative estimate of drug-likeness (QED) is 0.806. The smallest absolute Gasteiger partial charge is 0.137 e. The molecule has 1 rings (SSSR count). The van der Waals surface area contributed by atoms with Gasteiger partial charge in [0.25, 0.3) is 0 Å². The Balaban J connectivity index is 3.17. The summed E-state index contributed by atoms with van der Waals surface area (Å²) in [4.78, 5) is 0. The Bertz CT molecular complexity index is 396. The molecular formula is C14H21BrClNO. The van der Waals surface area contributed by atoms with Gasteiger partial charge in [-0.1, -0.05) is 32.4 Å². The monoisotopic (exact) mass is 333 g/mol. The van der Waals surface area contributed by atoms with E-state index in [1.807, 2.05) is 12.1 Å². The fraction of sp³-hybridized carbons (Fsp3) is 0.571. The van der Waals surface area contributed by atoms with Crippen molar-refractivity contribution < 1.29 is 4.74 Å². The van der Waals surface area contributed by atoms with E-state index in [1.165, 1.54) is 0 Å². The summed E-state index contributed by atoms with van der Waals surface area (Å²) >= 11 is 9.66. The van der Waals surface area contributed by atoms with Crippen LogP contribution in [-0.4, -0.2) is 13.7 Å². The number of ether oxygens (including phenoxy) is 1. The number of rotatable bonds is 6. The molecular weight excluding hydrogens is 314 g/mol. The average molecular weight is 335 g/mol.